The molecule has 1 atom stereocenters. The Hall–Kier alpha value is -2.64. The third kappa shape index (κ3) is 13.2. The Morgan fingerprint density at radius 1 is 0.717 bits per heavy atom. The molecule has 0 spiro atoms. The van der Waals surface area contributed by atoms with E-state index >= 15 is 0 Å². The predicted octanol–water partition coefficient (Wildman–Crippen LogP) is 12.7. The van der Waals surface area contributed by atoms with Gasteiger partial charge in [0.1, 0.15) is 5.75 Å². The van der Waals surface area contributed by atoms with E-state index in [-0.39, 0.29) is 5.92 Å². The minimum absolute atomic E-state index is 0.165. The quantitative estimate of drug-likeness (QED) is 0.0915. The zero-order valence-corrected chi connectivity index (χ0v) is 32.1. The fourth-order valence-electron chi connectivity index (χ4n) is 6.38. The van der Waals surface area contributed by atoms with Gasteiger partial charge >= 0.3 is 5.97 Å². The molecule has 0 radical (unpaired) electrons. The molecule has 0 aromatic heterocycles. The number of hydrogen-bond acceptors (Lipinski definition) is 2. The van der Waals surface area contributed by atoms with Gasteiger partial charge in [0.15, 0.2) is 0 Å². The maximum atomic E-state index is 12.1. The summed E-state index contributed by atoms with van der Waals surface area (Å²) in [5.41, 5.74) is 5.77. The minimum Gasteiger partial charge on any atom is -0.494 e. The van der Waals surface area contributed by atoms with Crippen LogP contribution in [0.3, 0.4) is 0 Å². The third-order valence-corrected chi connectivity index (χ3v) is 14.8. The topological polar surface area (TPSA) is 46.5 Å². The van der Waals surface area contributed by atoms with Gasteiger partial charge in [-0.25, -0.2) is 4.79 Å². The summed E-state index contributed by atoms with van der Waals surface area (Å²) in [5.74, 6) is 0.0974. The third-order valence-electron chi connectivity index (χ3n) is 9.54. The average molecular weight is 659 g/mol. The average Bonchev–Trinajstić information content (AvgIpc) is 3.02. The summed E-state index contributed by atoms with van der Waals surface area (Å²) < 4.78 is 5.97. The van der Waals surface area contributed by atoms with Gasteiger partial charge in [-0.1, -0.05) is 152 Å². The number of unbranched alkanes of at least 4 members (excludes halogenated alkanes) is 6. The highest BCUT2D eigenvalue weighted by Crippen LogP contribution is 2.32. The lowest BCUT2D eigenvalue weighted by Gasteiger charge is -2.24. The van der Waals surface area contributed by atoms with Gasteiger partial charge in [-0.15, -0.1) is 0 Å². The second-order valence-corrected chi connectivity index (χ2v) is 26.4. The molecule has 0 saturated heterocycles. The first-order valence-electron chi connectivity index (χ1n) is 18.1. The van der Waals surface area contributed by atoms with Crippen LogP contribution in [-0.2, 0) is 6.42 Å². The van der Waals surface area contributed by atoms with Crippen LogP contribution in [0.2, 0.25) is 50.9 Å². The van der Waals surface area contributed by atoms with Crippen LogP contribution in [0.25, 0.3) is 11.1 Å². The summed E-state index contributed by atoms with van der Waals surface area (Å²) in [6, 6.07) is 27.2. The summed E-state index contributed by atoms with van der Waals surface area (Å²) in [7, 11) is -1.99. The van der Waals surface area contributed by atoms with Crippen LogP contribution >= 0.6 is 0 Å². The van der Waals surface area contributed by atoms with E-state index in [0.717, 1.165) is 41.9 Å². The molecule has 0 saturated carbocycles. The largest absolute Gasteiger partial charge is 0.494 e. The summed E-state index contributed by atoms with van der Waals surface area (Å²) in [4.78, 5) is 12.1. The Bertz CT molecular complexity index is 1320. The lowest BCUT2D eigenvalue weighted by Crippen LogP contribution is -2.26. The molecule has 0 aliphatic heterocycles. The van der Waals surface area contributed by atoms with Crippen molar-refractivity contribution in [2.45, 2.75) is 135 Å². The smallest absolute Gasteiger partial charge is 0.336 e. The molecular formula is C41H62O3Si2. The first-order valence-corrected chi connectivity index (χ1v) is 25.2. The van der Waals surface area contributed by atoms with E-state index in [1.807, 2.05) is 30.3 Å². The van der Waals surface area contributed by atoms with E-state index in [9.17, 15) is 9.90 Å². The molecule has 1 N–H and O–H groups in total. The van der Waals surface area contributed by atoms with Crippen LogP contribution in [0.5, 0.6) is 5.75 Å². The van der Waals surface area contributed by atoms with Gasteiger partial charge in [0.05, 0.1) is 12.2 Å². The van der Waals surface area contributed by atoms with Gasteiger partial charge in [-0.3, -0.25) is 0 Å². The summed E-state index contributed by atoms with van der Waals surface area (Å²) >= 11 is 0. The SMILES string of the molecule is CCCCCCCCOc1ccc(-c2cc(C(C)c3ccc(CCCC[Si](C)(C)CCC[Si](C)(C)C)cc3)ccc2C(=O)O)cc1. The predicted molar refractivity (Wildman–Crippen MR) is 204 cm³/mol. The van der Waals surface area contributed by atoms with Crippen molar-refractivity contribution in [1.29, 1.82) is 0 Å². The van der Waals surface area contributed by atoms with E-state index in [1.165, 1.54) is 80.6 Å². The molecule has 5 heteroatoms. The Kier molecular flexibility index (Phi) is 15.3. The highest BCUT2D eigenvalue weighted by Gasteiger charge is 2.22. The number of aryl methyl sites for hydroxylation is 1. The Morgan fingerprint density at radius 3 is 2.00 bits per heavy atom. The number of carboxylic acids is 1. The molecule has 3 aromatic carbocycles. The van der Waals surface area contributed by atoms with Crippen molar-refractivity contribution >= 4 is 22.1 Å². The van der Waals surface area contributed by atoms with E-state index in [1.54, 1.807) is 6.07 Å². The lowest BCUT2D eigenvalue weighted by molar-refractivity contribution is 0.0697. The van der Waals surface area contributed by atoms with Crippen molar-refractivity contribution in [2.24, 2.45) is 0 Å². The first-order chi connectivity index (χ1) is 21.9. The molecule has 0 bridgehead atoms. The fraction of sp³-hybridized carbons (Fsp3) is 0.537. The van der Waals surface area contributed by atoms with Crippen LogP contribution in [-0.4, -0.2) is 33.8 Å². The van der Waals surface area contributed by atoms with Crippen molar-refractivity contribution < 1.29 is 14.6 Å². The standard InChI is InChI=1S/C41H62O3Si2/c1-8-9-10-11-12-14-28-44-38-25-22-36(23-26-38)40-32-37(24-27-39(40)41(42)43)33(2)35-20-18-34(19-21-35)17-13-15-30-46(6,7)31-16-29-45(3,4)5/h18-27,32-33H,8-17,28-31H2,1-7H3,(H,42,43). The van der Waals surface area contributed by atoms with Crippen LogP contribution < -0.4 is 4.74 Å². The van der Waals surface area contributed by atoms with Gasteiger partial charge in [0, 0.05) is 22.1 Å². The number of aromatic carboxylic acids is 1. The van der Waals surface area contributed by atoms with Crippen molar-refractivity contribution in [3.63, 3.8) is 0 Å². The second-order valence-electron chi connectivity index (χ2n) is 15.5. The molecule has 0 amide bonds. The lowest BCUT2D eigenvalue weighted by atomic mass is 9.88. The number of carbonyl (C=O) groups is 1. The van der Waals surface area contributed by atoms with Gasteiger partial charge in [0.2, 0.25) is 0 Å². The van der Waals surface area contributed by atoms with E-state index in [4.69, 9.17) is 4.74 Å². The number of benzene rings is 3. The summed E-state index contributed by atoms with van der Waals surface area (Å²) in [6.07, 6.45) is 12.6. The minimum atomic E-state index is -1.08. The maximum Gasteiger partial charge on any atom is 0.336 e. The molecule has 0 fully saturated rings. The van der Waals surface area contributed by atoms with Gasteiger partial charge in [0.25, 0.3) is 0 Å². The fourth-order valence-corrected chi connectivity index (χ4v) is 10.6. The first kappa shape index (κ1) is 37.8. The molecule has 0 heterocycles. The zero-order chi connectivity index (χ0) is 33.6. The van der Waals surface area contributed by atoms with Crippen LogP contribution in [0, 0.1) is 0 Å². The zero-order valence-electron chi connectivity index (χ0n) is 30.1. The summed E-state index contributed by atoms with van der Waals surface area (Å²) in [6.45, 7) is 17.8. The van der Waals surface area contributed by atoms with Crippen LogP contribution in [0.1, 0.15) is 105 Å². The molecule has 46 heavy (non-hydrogen) atoms. The van der Waals surface area contributed by atoms with Gasteiger partial charge in [-0.05, 0) is 71.3 Å². The van der Waals surface area contributed by atoms with Crippen molar-refractivity contribution in [1.82, 2.24) is 0 Å². The Balaban J connectivity index is 1.56. The molecule has 0 aliphatic carbocycles. The normalized spacial score (nSPS) is 12.7. The molecular weight excluding hydrogens is 597 g/mol. The number of carboxylic acid groups (broad SMARTS) is 1. The van der Waals surface area contributed by atoms with Crippen LogP contribution in [0.4, 0.5) is 0 Å². The van der Waals surface area contributed by atoms with Crippen LogP contribution in [0.15, 0.2) is 66.7 Å². The van der Waals surface area contributed by atoms with Gasteiger partial charge in [-0.2, -0.15) is 0 Å². The monoisotopic (exact) mass is 658 g/mol. The van der Waals surface area contributed by atoms with E-state index in [0.29, 0.717) is 5.56 Å². The number of ether oxygens (including phenoxy) is 1. The second kappa shape index (κ2) is 18.6. The Labute approximate surface area is 283 Å². The molecule has 3 rings (SSSR count). The van der Waals surface area contributed by atoms with Crippen molar-refractivity contribution in [2.75, 3.05) is 6.61 Å². The maximum absolute atomic E-state index is 12.1. The molecule has 0 aliphatic rings. The van der Waals surface area contributed by atoms with Gasteiger partial charge < -0.3 is 9.84 Å². The molecule has 3 nitrogen and oxygen atoms in total. The number of hydrogen-bond donors (Lipinski definition) is 1. The summed E-state index contributed by atoms with van der Waals surface area (Å²) in [5, 5.41) is 9.96. The highest BCUT2D eigenvalue weighted by molar-refractivity contribution is 6.78. The van der Waals surface area contributed by atoms with Crippen molar-refractivity contribution in [3.8, 4) is 16.9 Å². The van der Waals surface area contributed by atoms with E-state index < -0.39 is 22.1 Å². The highest BCUT2D eigenvalue weighted by atomic mass is 28.3. The molecule has 3 aromatic rings. The van der Waals surface area contributed by atoms with Crippen molar-refractivity contribution in [3.05, 3.63) is 89.0 Å². The Morgan fingerprint density at radius 2 is 1.35 bits per heavy atom. The van der Waals surface area contributed by atoms with E-state index in [2.05, 4.69) is 76.9 Å². The number of rotatable bonds is 21. The molecule has 252 valence electrons. The molecule has 1 unspecified atom stereocenters.